The molecule has 0 saturated heterocycles. The Morgan fingerprint density at radius 1 is 1.00 bits per heavy atom. The number of nitrogens with zero attached hydrogens (tertiary/aromatic N) is 3. The predicted octanol–water partition coefficient (Wildman–Crippen LogP) is 4.89. The van der Waals surface area contributed by atoms with Crippen LogP contribution in [0.1, 0.15) is 27.4 Å². The van der Waals surface area contributed by atoms with Crippen molar-refractivity contribution >= 4 is 29.0 Å². The lowest BCUT2D eigenvalue weighted by atomic mass is 10.1. The molecule has 4 rings (SSSR count). The highest BCUT2D eigenvalue weighted by molar-refractivity contribution is 7.99. The van der Waals surface area contributed by atoms with Crippen LogP contribution in [0.4, 0.5) is 0 Å². The first-order valence-electron chi connectivity index (χ1n) is 10.6. The van der Waals surface area contributed by atoms with E-state index in [1.165, 1.54) is 27.8 Å². The summed E-state index contributed by atoms with van der Waals surface area (Å²) in [7, 11) is 0. The van der Waals surface area contributed by atoms with E-state index in [4.69, 9.17) is 0 Å². The number of hydrogen-bond acceptors (Lipinski definition) is 5. The van der Waals surface area contributed by atoms with Crippen molar-refractivity contribution in [2.24, 2.45) is 0 Å². The summed E-state index contributed by atoms with van der Waals surface area (Å²) in [6.07, 6.45) is 1.64. The SMILES string of the molecule is Cc1ccc(CNC(=O)CSc2nnc(Cc3cccs3)n2CCc2ccccc2)cc1. The fraction of sp³-hybridized carbons (Fsp3) is 0.240. The van der Waals surface area contributed by atoms with E-state index in [0.717, 1.165) is 35.9 Å². The van der Waals surface area contributed by atoms with Crippen molar-refractivity contribution in [3.63, 3.8) is 0 Å². The third-order valence-corrected chi connectivity index (χ3v) is 6.96. The number of thiophene rings is 1. The number of nitrogens with one attached hydrogen (secondary N) is 1. The standard InChI is InChI=1S/C25H26N4OS2/c1-19-9-11-21(12-10-19)17-26-24(30)18-32-25-28-27-23(16-22-8-5-15-31-22)29(25)14-13-20-6-3-2-4-7-20/h2-12,15H,13-14,16-18H2,1H3,(H,26,30). The van der Waals surface area contributed by atoms with E-state index in [2.05, 4.69) is 80.9 Å². The summed E-state index contributed by atoms with van der Waals surface area (Å²) in [6, 6.07) is 22.8. The van der Waals surface area contributed by atoms with E-state index < -0.39 is 0 Å². The van der Waals surface area contributed by atoms with Gasteiger partial charge in [-0.2, -0.15) is 0 Å². The molecule has 32 heavy (non-hydrogen) atoms. The van der Waals surface area contributed by atoms with Crippen LogP contribution < -0.4 is 5.32 Å². The molecule has 5 nitrogen and oxygen atoms in total. The Bertz CT molecular complexity index is 1120. The highest BCUT2D eigenvalue weighted by atomic mass is 32.2. The molecule has 0 unspecified atom stereocenters. The first-order valence-corrected chi connectivity index (χ1v) is 12.5. The summed E-state index contributed by atoms with van der Waals surface area (Å²) in [5.41, 5.74) is 3.58. The molecule has 0 fully saturated rings. The maximum absolute atomic E-state index is 12.4. The Labute approximate surface area is 196 Å². The maximum Gasteiger partial charge on any atom is 0.230 e. The molecule has 0 aliphatic rings. The molecule has 0 atom stereocenters. The Morgan fingerprint density at radius 3 is 2.56 bits per heavy atom. The van der Waals surface area contributed by atoms with Crippen LogP contribution in [0.25, 0.3) is 0 Å². The van der Waals surface area contributed by atoms with Crippen molar-refractivity contribution in [3.05, 3.63) is 99.5 Å². The van der Waals surface area contributed by atoms with Gasteiger partial charge in [0.1, 0.15) is 5.82 Å². The Kier molecular flexibility index (Phi) is 7.74. The van der Waals surface area contributed by atoms with Gasteiger partial charge in [-0.3, -0.25) is 4.79 Å². The van der Waals surface area contributed by atoms with E-state index in [0.29, 0.717) is 12.3 Å². The highest BCUT2D eigenvalue weighted by Gasteiger charge is 2.15. The Hall–Kier alpha value is -2.90. The molecule has 0 spiro atoms. The average molecular weight is 463 g/mol. The van der Waals surface area contributed by atoms with Crippen molar-refractivity contribution in [1.29, 1.82) is 0 Å². The first kappa shape index (κ1) is 22.3. The van der Waals surface area contributed by atoms with Crippen LogP contribution in [0.3, 0.4) is 0 Å². The van der Waals surface area contributed by atoms with Crippen molar-refractivity contribution in [2.75, 3.05) is 5.75 Å². The van der Waals surface area contributed by atoms with Crippen LogP contribution in [0, 0.1) is 6.92 Å². The molecule has 1 N–H and O–H groups in total. The second-order valence-corrected chi connectivity index (χ2v) is 9.57. The number of thioether (sulfide) groups is 1. The number of benzene rings is 2. The van der Waals surface area contributed by atoms with Crippen molar-refractivity contribution in [3.8, 4) is 0 Å². The molecule has 0 bridgehead atoms. The van der Waals surface area contributed by atoms with E-state index >= 15 is 0 Å². The van der Waals surface area contributed by atoms with Crippen LogP contribution in [0.5, 0.6) is 0 Å². The number of hydrogen-bond donors (Lipinski definition) is 1. The summed E-state index contributed by atoms with van der Waals surface area (Å²) in [5, 5.41) is 14.7. The first-order chi connectivity index (χ1) is 15.7. The summed E-state index contributed by atoms with van der Waals surface area (Å²) < 4.78 is 2.16. The molecule has 0 saturated carbocycles. The van der Waals surface area contributed by atoms with Crippen LogP contribution in [-0.4, -0.2) is 26.4 Å². The fourth-order valence-electron chi connectivity index (χ4n) is 3.32. The molecule has 0 aliphatic carbocycles. The van der Waals surface area contributed by atoms with Gasteiger partial charge in [-0.1, -0.05) is 78.0 Å². The number of carbonyl (C=O) groups is 1. The highest BCUT2D eigenvalue weighted by Crippen LogP contribution is 2.21. The van der Waals surface area contributed by atoms with Crippen molar-refractivity contribution in [1.82, 2.24) is 20.1 Å². The van der Waals surface area contributed by atoms with E-state index in [-0.39, 0.29) is 5.91 Å². The van der Waals surface area contributed by atoms with Crippen LogP contribution >= 0.6 is 23.1 Å². The van der Waals surface area contributed by atoms with Crippen LogP contribution in [-0.2, 0) is 30.7 Å². The van der Waals surface area contributed by atoms with E-state index in [9.17, 15) is 4.79 Å². The molecule has 0 radical (unpaired) electrons. The van der Waals surface area contributed by atoms with Gasteiger partial charge in [-0.15, -0.1) is 21.5 Å². The summed E-state index contributed by atoms with van der Waals surface area (Å²) in [6.45, 7) is 3.37. The molecule has 2 aromatic carbocycles. The number of rotatable bonds is 10. The van der Waals surface area contributed by atoms with Gasteiger partial charge >= 0.3 is 0 Å². The van der Waals surface area contributed by atoms with Gasteiger partial charge in [0.2, 0.25) is 5.91 Å². The zero-order chi connectivity index (χ0) is 22.2. The fourth-order valence-corrected chi connectivity index (χ4v) is 4.84. The van der Waals surface area contributed by atoms with Gasteiger partial charge < -0.3 is 9.88 Å². The quantitative estimate of drug-likeness (QED) is 0.341. The maximum atomic E-state index is 12.4. The van der Waals surface area contributed by atoms with Gasteiger partial charge in [0.15, 0.2) is 5.16 Å². The van der Waals surface area contributed by atoms with Gasteiger partial charge in [0.05, 0.1) is 5.75 Å². The third-order valence-electron chi connectivity index (χ3n) is 5.12. The Morgan fingerprint density at radius 2 is 1.81 bits per heavy atom. The van der Waals surface area contributed by atoms with Gasteiger partial charge in [-0.25, -0.2) is 0 Å². The monoisotopic (exact) mass is 462 g/mol. The smallest absolute Gasteiger partial charge is 0.230 e. The zero-order valence-corrected chi connectivity index (χ0v) is 19.7. The topological polar surface area (TPSA) is 59.8 Å². The molecule has 4 aromatic rings. The second kappa shape index (κ2) is 11.1. The molecular weight excluding hydrogens is 436 g/mol. The summed E-state index contributed by atoms with van der Waals surface area (Å²) in [4.78, 5) is 13.7. The average Bonchev–Trinajstić information content (AvgIpc) is 3.47. The zero-order valence-electron chi connectivity index (χ0n) is 18.0. The molecule has 2 heterocycles. The lowest BCUT2D eigenvalue weighted by Gasteiger charge is -2.10. The number of carbonyl (C=O) groups excluding carboxylic acids is 1. The minimum Gasteiger partial charge on any atom is -0.351 e. The normalized spacial score (nSPS) is 10.9. The minimum atomic E-state index is -0.00649. The Balaban J connectivity index is 1.39. The predicted molar refractivity (Wildman–Crippen MR) is 131 cm³/mol. The van der Waals surface area contributed by atoms with Gasteiger partial charge in [0.25, 0.3) is 0 Å². The molecule has 1 amide bonds. The van der Waals surface area contributed by atoms with Crippen molar-refractivity contribution < 1.29 is 4.79 Å². The third kappa shape index (κ3) is 6.31. The van der Waals surface area contributed by atoms with Gasteiger partial charge in [-0.05, 0) is 35.9 Å². The van der Waals surface area contributed by atoms with E-state index in [1.807, 2.05) is 18.2 Å². The number of aromatic nitrogens is 3. The second-order valence-electron chi connectivity index (χ2n) is 7.59. The summed E-state index contributed by atoms with van der Waals surface area (Å²) in [5.74, 6) is 1.24. The molecule has 2 aromatic heterocycles. The number of aryl methyl sites for hydroxylation is 2. The van der Waals surface area contributed by atoms with Crippen LogP contribution in [0.2, 0.25) is 0 Å². The van der Waals surface area contributed by atoms with Crippen LogP contribution in [0.15, 0.2) is 77.3 Å². The minimum absolute atomic E-state index is 0.00649. The molecule has 7 heteroatoms. The van der Waals surface area contributed by atoms with Crippen molar-refractivity contribution in [2.45, 2.75) is 38.0 Å². The molecular formula is C25H26N4OS2. The summed E-state index contributed by atoms with van der Waals surface area (Å²) >= 11 is 3.16. The lowest BCUT2D eigenvalue weighted by molar-refractivity contribution is -0.118. The largest absolute Gasteiger partial charge is 0.351 e. The molecule has 0 aliphatic heterocycles. The molecule has 164 valence electrons. The lowest BCUT2D eigenvalue weighted by Crippen LogP contribution is -2.24. The number of amides is 1. The van der Waals surface area contributed by atoms with E-state index in [1.54, 1.807) is 11.3 Å². The van der Waals surface area contributed by atoms with Gasteiger partial charge in [0, 0.05) is 24.4 Å².